The van der Waals surface area contributed by atoms with Gasteiger partial charge in [-0.3, -0.25) is 9.59 Å². The number of carboxylic acid groups (broad SMARTS) is 1. The predicted molar refractivity (Wildman–Crippen MR) is 350 cm³/mol. The Kier molecular flexibility index (Phi) is 25.2. The molecule has 0 bridgehead atoms. The van der Waals surface area contributed by atoms with Crippen LogP contribution in [0.25, 0.3) is 0 Å². The van der Waals surface area contributed by atoms with Crippen LogP contribution in [-0.2, 0) is 76.0 Å². The molecular formula is C70H112N2O33. The van der Waals surface area contributed by atoms with Crippen molar-refractivity contribution in [2.75, 3.05) is 33.0 Å². The fourth-order valence-corrected chi connectivity index (χ4v) is 19.9. The number of fused-ring (bicyclic) bond motifs is 7. The van der Waals surface area contributed by atoms with Gasteiger partial charge in [0.05, 0.1) is 56.2 Å². The first-order valence-corrected chi connectivity index (χ1v) is 36.9. The Balaban J connectivity index is 0.875. The highest BCUT2D eigenvalue weighted by Gasteiger charge is 2.73. The van der Waals surface area contributed by atoms with E-state index in [2.05, 4.69) is 46.0 Å². The monoisotopic (exact) mass is 1510 g/mol. The lowest BCUT2D eigenvalue weighted by Crippen LogP contribution is -2.70. The number of esters is 1. The Bertz CT molecular complexity index is 3050. The first-order chi connectivity index (χ1) is 49.4. The number of rotatable bonds is 22. The molecule has 0 aromatic carbocycles. The van der Waals surface area contributed by atoms with Gasteiger partial charge in [0.25, 0.3) is 0 Å². The molecule has 105 heavy (non-hydrogen) atoms. The standard InChI is InChI=1S/C70H112N2O33/c1-28-52(100-58-47(86)41(80)31(76)25-94-58)46(85)50(89)60(96-28)103-55-44(83)40(72-39(79)11-9-8-10-20-71)33(23-73)97-62(55)105-64(93)70-19-18-65(2,3)21-30(70)29-12-13-36-66(4)16-15-38(67(5,27-75)35(66)14-17-68(36,6)69(29,7)22-37(70)78)99-63-56(104-61-49(88)45(84)43(82)34(24-74)98-61)53(51(90)54(102-63)57(91)92)101-59-48(87)42(81)32(77)26-95-59/h12,27-28,30-38,40-56,58-63,73-74,76-78,80-90H,8-11,13-26,71H2,1-7H3,(H,72,79)(H,91,92)/t28-,30-,31+,32+,33+,34+,35+,36+,37+,38-,40-,41-,42-,43-,44-,45-,46-,47+,48+,49+,50+,51-,52-,53-,54-,55+,56+,58-,59-,60-,61-,62-,63+,66-,67-,68+,69+,70+/m0/s1. The zero-order chi connectivity index (χ0) is 76.7. The van der Waals surface area contributed by atoms with Gasteiger partial charge in [-0.25, -0.2) is 4.79 Å². The number of hydrogen-bond acceptors (Lipinski definition) is 33. The molecule has 6 saturated heterocycles. The minimum absolute atomic E-state index is 0.0129. The second kappa shape index (κ2) is 32.1. The topological polar surface area (TPSA) is 561 Å². The van der Waals surface area contributed by atoms with Crippen molar-refractivity contribution in [1.29, 1.82) is 0 Å². The molecule has 35 heteroatoms. The van der Waals surface area contributed by atoms with Crippen molar-refractivity contribution < 1.29 is 163 Å². The zero-order valence-corrected chi connectivity index (χ0v) is 60.1. The summed E-state index contributed by atoms with van der Waals surface area (Å²) in [6, 6.07) is -1.44. The molecule has 38 atom stereocenters. The number of aliphatic carboxylic acids is 1. The summed E-state index contributed by atoms with van der Waals surface area (Å²) >= 11 is 0. The molecule has 11 rings (SSSR count). The van der Waals surface area contributed by atoms with Gasteiger partial charge in [0, 0.05) is 6.42 Å². The van der Waals surface area contributed by atoms with Gasteiger partial charge in [-0.2, -0.15) is 0 Å². The number of carboxylic acids is 1. The molecule has 5 aliphatic carbocycles. The third-order valence-electron chi connectivity index (χ3n) is 26.3. The fraction of sp³-hybridized carbons (Fsp3) is 0.914. The molecule has 0 unspecified atom stereocenters. The summed E-state index contributed by atoms with van der Waals surface area (Å²) in [5, 5.41) is 191. The maximum absolute atomic E-state index is 16.0. The van der Waals surface area contributed by atoms with Gasteiger partial charge >= 0.3 is 11.9 Å². The normalized spacial score (nSPS) is 51.3. The first kappa shape index (κ1) is 82.7. The highest BCUT2D eigenvalue weighted by molar-refractivity contribution is 5.80. The number of aliphatic hydroxyl groups is 16. The van der Waals surface area contributed by atoms with Crippen molar-refractivity contribution in [2.45, 2.75) is 316 Å². The van der Waals surface area contributed by atoms with Crippen LogP contribution in [0.1, 0.15) is 132 Å². The summed E-state index contributed by atoms with van der Waals surface area (Å²) in [7, 11) is 0. The van der Waals surface area contributed by atoms with Crippen molar-refractivity contribution >= 4 is 24.1 Å². The lowest BCUT2D eigenvalue weighted by Gasteiger charge is -2.71. The molecule has 0 aromatic heterocycles. The first-order valence-electron chi connectivity index (χ1n) is 36.9. The summed E-state index contributed by atoms with van der Waals surface area (Å²) in [6.45, 7) is 11.2. The second-order valence-corrected chi connectivity index (χ2v) is 33.0. The molecule has 0 radical (unpaired) electrons. The Morgan fingerprint density at radius 2 is 1.17 bits per heavy atom. The second-order valence-electron chi connectivity index (χ2n) is 33.0. The van der Waals surface area contributed by atoms with Crippen LogP contribution in [0.15, 0.2) is 11.6 Å². The molecule has 6 aliphatic heterocycles. The van der Waals surface area contributed by atoms with E-state index in [4.69, 9.17) is 62.6 Å². The molecule has 0 spiro atoms. The van der Waals surface area contributed by atoms with E-state index in [1.165, 1.54) is 6.92 Å². The molecule has 10 fully saturated rings. The van der Waals surface area contributed by atoms with Gasteiger partial charge < -0.3 is 159 Å². The summed E-state index contributed by atoms with van der Waals surface area (Å²) in [5.41, 5.74) is 0.706. The van der Waals surface area contributed by atoms with E-state index >= 15 is 4.79 Å². The number of carbonyl (C=O) groups excluding carboxylic acids is 3. The summed E-state index contributed by atoms with van der Waals surface area (Å²) in [4.78, 5) is 56.8. The number of amides is 1. The maximum atomic E-state index is 16.0. The minimum Gasteiger partial charge on any atom is -0.479 e. The van der Waals surface area contributed by atoms with Crippen LogP contribution in [0.3, 0.4) is 0 Å². The van der Waals surface area contributed by atoms with Crippen molar-refractivity contribution in [2.24, 2.45) is 56.0 Å². The number of carbonyl (C=O) groups is 4. The summed E-state index contributed by atoms with van der Waals surface area (Å²) in [6.07, 6.45) is -44.8. The minimum atomic E-state index is -2.23. The SMILES string of the molecule is C[C@@H]1O[C@@H](O[C@H]2[C@H](OC(=O)[C@]34CCC(C)(C)C[C@H]3C3=CC[C@@H]5[C@@]6(C)CC[C@H](O[C@@H]7O[C@H](C(=O)O)[C@@H](O)[C@H](O[C@@H]8OC[C@@H](O)[C@H](O)[C@H]8O)[C@H]7O[C@@H]7O[C@H](CO)[C@H](O)[C@H](O)[C@H]7O)[C@@](C)(C=O)[C@@H]6CC[C@@]5(C)[C@]3(C)C[C@H]4O)O[C@H](CO)[C@H](NC(=O)CCCCCN)[C@@H]2O)[C@H](O)[C@H](O)[C@H]1O[C@@H]1OC[C@@H](O)[C@H](O)[C@H]1O. The number of nitrogens with two attached hydrogens (primary N) is 1. The zero-order valence-electron chi connectivity index (χ0n) is 60.1. The molecule has 11 aliphatic rings. The van der Waals surface area contributed by atoms with Crippen LogP contribution >= 0.6 is 0 Å². The van der Waals surface area contributed by atoms with E-state index < -0.39 is 273 Å². The lowest BCUT2D eigenvalue weighted by atomic mass is 9.33. The number of nitrogens with one attached hydrogen (secondary N) is 1. The summed E-state index contributed by atoms with van der Waals surface area (Å²) in [5.74, 6) is -4.69. The van der Waals surface area contributed by atoms with E-state index in [0.29, 0.717) is 64.3 Å². The molecule has 35 nitrogen and oxygen atoms in total. The van der Waals surface area contributed by atoms with Gasteiger partial charge in [0.15, 0.2) is 43.7 Å². The Morgan fingerprint density at radius 1 is 0.581 bits per heavy atom. The molecule has 1 amide bonds. The van der Waals surface area contributed by atoms with E-state index in [9.17, 15) is 101 Å². The van der Waals surface area contributed by atoms with Crippen molar-refractivity contribution in [1.82, 2.24) is 5.32 Å². The number of ether oxygens (including phenoxy) is 12. The molecular weight excluding hydrogens is 1400 g/mol. The smallest absolute Gasteiger partial charge is 0.335 e. The molecule has 4 saturated carbocycles. The Labute approximate surface area is 607 Å². The van der Waals surface area contributed by atoms with Crippen molar-refractivity contribution in [3.8, 4) is 0 Å². The molecule has 20 N–H and O–H groups in total. The number of hydrogen-bond donors (Lipinski definition) is 19. The average molecular weight is 1510 g/mol. The van der Waals surface area contributed by atoms with Gasteiger partial charge in [-0.1, -0.05) is 59.6 Å². The average Bonchev–Trinajstić information content (AvgIpc) is 0.670. The van der Waals surface area contributed by atoms with E-state index in [1.807, 2.05) is 0 Å². The Hall–Kier alpha value is -3.30. The highest BCUT2D eigenvalue weighted by atomic mass is 16.8. The van der Waals surface area contributed by atoms with Gasteiger partial charge in [-0.15, -0.1) is 0 Å². The van der Waals surface area contributed by atoms with E-state index in [1.54, 1.807) is 6.92 Å². The molecule has 600 valence electrons. The molecule has 6 heterocycles. The van der Waals surface area contributed by atoms with E-state index in [-0.39, 0.29) is 31.6 Å². The number of allylic oxidation sites excluding steroid dienone is 2. The number of aldehydes is 1. The van der Waals surface area contributed by atoms with Gasteiger partial charge in [-0.05, 0) is 124 Å². The van der Waals surface area contributed by atoms with E-state index in [0.717, 1.165) is 11.9 Å². The maximum Gasteiger partial charge on any atom is 0.335 e. The fourth-order valence-electron chi connectivity index (χ4n) is 19.9. The predicted octanol–water partition coefficient (Wildman–Crippen LogP) is -5.20. The van der Waals surface area contributed by atoms with Gasteiger partial charge in [0.1, 0.15) is 122 Å². The van der Waals surface area contributed by atoms with Crippen LogP contribution in [0.5, 0.6) is 0 Å². The molecule has 0 aromatic rings. The highest BCUT2D eigenvalue weighted by Crippen LogP contribution is 2.76. The lowest BCUT2D eigenvalue weighted by molar-refractivity contribution is -0.391. The van der Waals surface area contributed by atoms with Gasteiger partial charge in [0.2, 0.25) is 12.2 Å². The quantitative estimate of drug-likeness (QED) is 0.0158. The van der Waals surface area contributed by atoms with Crippen LogP contribution in [-0.4, -0.2) is 328 Å². The van der Waals surface area contributed by atoms with Crippen molar-refractivity contribution in [3.63, 3.8) is 0 Å². The third-order valence-corrected chi connectivity index (χ3v) is 26.3. The van der Waals surface area contributed by atoms with Crippen LogP contribution in [0.4, 0.5) is 0 Å². The van der Waals surface area contributed by atoms with Crippen LogP contribution in [0, 0.1) is 50.2 Å². The number of aliphatic hydroxyl groups excluding tert-OH is 16. The summed E-state index contributed by atoms with van der Waals surface area (Å²) < 4.78 is 72.8. The largest absolute Gasteiger partial charge is 0.479 e. The van der Waals surface area contributed by atoms with Crippen LogP contribution < -0.4 is 11.1 Å². The Morgan fingerprint density at radius 3 is 1.79 bits per heavy atom. The number of unbranched alkanes of at least 4 members (excludes halogenated alkanes) is 2. The van der Waals surface area contributed by atoms with Crippen molar-refractivity contribution in [3.05, 3.63) is 11.6 Å². The third kappa shape index (κ3) is 14.9. The van der Waals surface area contributed by atoms with Crippen LogP contribution in [0.2, 0.25) is 0 Å².